The van der Waals surface area contributed by atoms with Gasteiger partial charge in [-0.15, -0.1) is 0 Å². The first-order valence-electron chi connectivity index (χ1n) is 7.25. The first-order chi connectivity index (χ1) is 7.77. The van der Waals surface area contributed by atoms with Gasteiger partial charge in [0, 0.05) is 6.04 Å². The molecule has 0 aromatic carbocycles. The Morgan fingerprint density at radius 2 is 1.62 bits per heavy atom. The lowest BCUT2D eigenvalue weighted by Gasteiger charge is -2.23. The maximum absolute atomic E-state index is 6.16. The van der Waals surface area contributed by atoms with Gasteiger partial charge in [-0.1, -0.05) is 26.7 Å². The molecule has 0 spiro atoms. The fraction of sp³-hybridized carbons (Fsp3) is 1.00. The van der Waals surface area contributed by atoms with Crippen LogP contribution in [0.2, 0.25) is 0 Å². The van der Waals surface area contributed by atoms with Crippen molar-refractivity contribution in [3.05, 3.63) is 0 Å². The lowest BCUT2D eigenvalue weighted by atomic mass is 10.1. The van der Waals surface area contributed by atoms with Crippen LogP contribution >= 0.6 is 0 Å². The summed E-state index contributed by atoms with van der Waals surface area (Å²) in [5, 5.41) is 0. The molecule has 16 heavy (non-hydrogen) atoms. The average Bonchev–Trinajstić information content (AvgIpc) is 3.11. The Kier molecular flexibility index (Phi) is 7.06. The van der Waals surface area contributed by atoms with E-state index >= 15 is 0 Å². The van der Waals surface area contributed by atoms with Crippen LogP contribution in [0.15, 0.2) is 0 Å². The molecule has 96 valence electrons. The first kappa shape index (κ1) is 14.0. The summed E-state index contributed by atoms with van der Waals surface area (Å²) in [6.45, 7) is 8.31. The molecule has 0 bridgehead atoms. The summed E-state index contributed by atoms with van der Waals surface area (Å²) in [6.07, 6.45) is 9.24. The Balaban J connectivity index is 2.13. The van der Waals surface area contributed by atoms with Gasteiger partial charge in [0.05, 0.1) is 0 Å². The molecule has 1 aliphatic rings. The lowest BCUT2D eigenvalue weighted by Crippen LogP contribution is -2.33. The largest absolute Gasteiger partial charge is 0.327 e. The van der Waals surface area contributed by atoms with Crippen LogP contribution in [0, 0.1) is 5.92 Å². The van der Waals surface area contributed by atoms with E-state index < -0.39 is 0 Å². The van der Waals surface area contributed by atoms with Crippen molar-refractivity contribution in [2.45, 2.75) is 64.8 Å². The van der Waals surface area contributed by atoms with Gasteiger partial charge in [0.25, 0.3) is 0 Å². The van der Waals surface area contributed by atoms with E-state index in [0.29, 0.717) is 6.04 Å². The van der Waals surface area contributed by atoms with Crippen molar-refractivity contribution >= 4 is 0 Å². The Hall–Kier alpha value is -0.0800. The van der Waals surface area contributed by atoms with Crippen molar-refractivity contribution in [1.82, 2.24) is 4.90 Å². The minimum Gasteiger partial charge on any atom is -0.327 e. The monoisotopic (exact) mass is 226 g/mol. The SMILES string of the molecule is CCCCN(CCCC)CCC(N)C1CC1. The molecule has 0 radical (unpaired) electrons. The maximum atomic E-state index is 6.16. The average molecular weight is 226 g/mol. The van der Waals surface area contributed by atoms with E-state index in [1.54, 1.807) is 0 Å². The molecule has 2 N–H and O–H groups in total. The highest BCUT2D eigenvalue weighted by molar-refractivity contribution is 4.84. The predicted molar refractivity (Wildman–Crippen MR) is 71.6 cm³/mol. The molecular formula is C14H30N2. The van der Waals surface area contributed by atoms with E-state index in [9.17, 15) is 0 Å². The predicted octanol–water partition coefficient (Wildman–Crippen LogP) is 3.02. The van der Waals surface area contributed by atoms with Crippen LogP contribution in [0.3, 0.4) is 0 Å². The minimum absolute atomic E-state index is 0.478. The number of hydrogen-bond acceptors (Lipinski definition) is 2. The zero-order chi connectivity index (χ0) is 11.8. The van der Waals surface area contributed by atoms with Gasteiger partial charge >= 0.3 is 0 Å². The molecule has 1 rings (SSSR count). The lowest BCUT2D eigenvalue weighted by molar-refractivity contribution is 0.252. The second-order valence-corrected chi connectivity index (χ2v) is 5.34. The summed E-state index contributed by atoms with van der Waals surface area (Å²) in [5.74, 6) is 0.860. The highest BCUT2D eigenvalue weighted by atomic mass is 15.1. The third-order valence-corrected chi connectivity index (χ3v) is 3.66. The second-order valence-electron chi connectivity index (χ2n) is 5.34. The van der Waals surface area contributed by atoms with Gasteiger partial charge in [-0.3, -0.25) is 0 Å². The number of unbranched alkanes of at least 4 members (excludes halogenated alkanes) is 2. The van der Waals surface area contributed by atoms with Gasteiger partial charge < -0.3 is 10.6 Å². The van der Waals surface area contributed by atoms with Gasteiger partial charge in [0.1, 0.15) is 0 Å². The van der Waals surface area contributed by atoms with Crippen LogP contribution < -0.4 is 5.73 Å². The molecule has 1 unspecified atom stereocenters. The molecule has 1 saturated carbocycles. The van der Waals surface area contributed by atoms with Crippen LogP contribution in [-0.2, 0) is 0 Å². The van der Waals surface area contributed by atoms with Crippen LogP contribution in [-0.4, -0.2) is 30.6 Å². The Morgan fingerprint density at radius 3 is 2.06 bits per heavy atom. The number of rotatable bonds is 10. The summed E-state index contributed by atoms with van der Waals surface area (Å²) in [7, 11) is 0. The molecule has 1 fully saturated rings. The van der Waals surface area contributed by atoms with Gasteiger partial charge in [-0.05, 0) is 57.7 Å². The maximum Gasteiger partial charge on any atom is 0.00793 e. The highest BCUT2D eigenvalue weighted by Gasteiger charge is 2.28. The third kappa shape index (κ3) is 5.86. The topological polar surface area (TPSA) is 29.3 Å². The molecule has 0 aromatic heterocycles. The molecule has 1 aliphatic carbocycles. The van der Waals surface area contributed by atoms with Crippen LogP contribution in [0.5, 0.6) is 0 Å². The molecule has 0 saturated heterocycles. The van der Waals surface area contributed by atoms with Gasteiger partial charge in [0.15, 0.2) is 0 Å². The van der Waals surface area contributed by atoms with Crippen molar-refractivity contribution in [2.75, 3.05) is 19.6 Å². The van der Waals surface area contributed by atoms with E-state index in [1.165, 1.54) is 64.6 Å². The number of hydrogen-bond donors (Lipinski definition) is 1. The van der Waals surface area contributed by atoms with Crippen molar-refractivity contribution in [3.63, 3.8) is 0 Å². The van der Waals surface area contributed by atoms with Crippen molar-refractivity contribution in [3.8, 4) is 0 Å². The fourth-order valence-electron chi connectivity index (χ4n) is 2.19. The van der Waals surface area contributed by atoms with Gasteiger partial charge in [-0.25, -0.2) is 0 Å². The molecule has 1 atom stereocenters. The molecule has 2 nitrogen and oxygen atoms in total. The Labute approximate surface area is 102 Å². The van der Waals surface area contributed by atoms with E-state index in [2.05, 4.69) is 18.7 Å². The first-order valence-corrected chi connectivity index (χ1v) is 7.25. The smallest absolute Gasteiger partial charge is 0.00793 e. The Bertz CT molecular complexity index is 158. The third-order valence-electron chi connectivity index (χ3n) is 3.66. The highest BCUT2D eigenvalue weighted by Crippen LogP contribution is 2.32. The van der Waals surface area contributed by atoms with E-state index in [-0.39, 0.29) is 0 Å². The van der Waals surface area contributed by atoms with Crippen molar-refractivity contribution in [1.29, 1.82) is 0 Å². The summed E-state index contributed by atoms with van der Waals surface area (Å²) < 4.78 is 0. The van der Waals surface area contributed by atoms with Crippen molar-refractivity contribution in [2.24, 2.45) is 11.7 Å². The zero-order valence-electron chi connectivity index (χ0n) is 11.3. The van der Waals surface area contributed by atoms with Crippen LogP contribution in [0.1, 0.15) is 58.8 Å². The zero-order valence-corrected chi connectivity index (χ0v) is 11.3. The molecule has 0 aromatic rings. The van der Waals surface area contributed by atoms with E-state index in [4.69, 9.17) is 5.73 Å². The van der Waals surface area contributed by atoms with Crippen molar-refractivity contribution < 1.29 is 0 Å². The molecule has 2 heteroatoms. The number of nitrogens with two attached hydrogens (primary N) is 1. The summed E-state index contributed by atoms with van der Waals surface area (Å²) in [4.78, 5) is 2.62. The van der Waals surface area contributed by atoms with Gasteiger partial charge in [-0.2, -0.15) is 0 Å². The standard InChI is InChI=1S/C14H30N2/c1-3-5-10-16(11-6-4-2)12-9-14(15)13-7-8-13/h13-14H,3-12,15H2,1-2H3. The summed E-state index contributed by atoms with van der Waals surface area (Å²) in [5.41, 5.74) is 6.16. The molecule has 0 heterocycles. The molecule has 0 aliphatic heterocycles. The summed E-state index contributed by atoms with van der Waals surface area (Å²) in [6, 6.07) is 0.478. The Morgan fingerprint density at radius 1 is 1.06 bits per heavy atom. The second kappa shape index (κ2) is 8.08. The quantitative estimate of drug-likeness (QED) is 0.620. The van der Waals surface area contributed by atoms with Gasteiger partial charge in [0.2, 0.25) is 0 Å². The summed E-state index contributed by atoms with van der Waals surface area (Å²) >= 11 is 0. The molecular weight excluding hydrogens is 196 g/mol. The normalized spacial score (nSPS) is 18.0. The van der Waals surface area contributed by atoms with Crippen LogP contribution in [0.25, 0.3) is 0 Å². The van der Waals surface area contributed by atoms with E-state index in [0.717, 1.165) is 5.92 Å². The minimum atomic E-state index is 0.478. The van der Waals surface area contributed by atoms with Crippen LogP contribution in [0.4, 0.5) is 0 Å². The number of nitrogens with zero attached hydrogens (tertiary/aromatic N) is 1. The fourth-order valence-corrected chi connectivity index (χ4v) is 2.19. The van der Waals surface area contributed by atoms with E-state index in [1.807, 2.05) is 0 Å². The molecule has 0 amide bonds.